The number of hydrogen-bond acceptors (Lipinski definition) is 4. The number of likely N-dealkylation sites (tertiary alicyclic amines) is 1. The summed E-state index contributed by atoms with van der Waals surface area (Å²) >= 11 is 0. The minimum Gasteiger partial charge on any atom is -0.396 e. The molecule has 0 aliphatic carbocycles. The van der Waals surface area contributed by atoms with Crippen molar-refractivity contribution in [2.75, 3.05) is 26.8 Å². The highest BCUT2D eigenvalue weighted by Gasteiger charge is 2.35. The fraction of sp³-hybridized carbons (Fsp3) is 1.00. The number of aliphatic hydroxyl groups is 1. The number of rotatable bonds is 3. The summed E-state index contributed by atoms with van der Waals surface area (Å²) in [5.74, 6) is 0. The van der Waals surface area contributed by atoms with Crippen LogP contribution in [0.25, 0.3) is 0 Å². The maximum absolute atomic E-state index is 8.83. The first kappa shape index (κ1) is 11.3. The van der Waals surface area contributed by atoms with E-state index in [0.717, 1.165) is 13.0 Å². The molecule has 0 aromatic rings. The topological polar surface area (TPSA) is 41.9 Å². The van der Waals surface area contributed by atoms with Crippen molar-refractivity contribution >= 4 is 0 Å². The molecule has 2 fully saturated rings. The number of aliphatic hydroxyl groups excluding tert-OH is 1. The van der Waals surface area contributed by atoms with Crippen molar-refractivity contribution in [1.29, 1.82) is 0 Å². The minimum absolute atomic E-state index is 0.0770. The van der Waals surface area contributed by atoms with Crippen LogP contribution in [0.1, 0.15) is 25.7 Å². The maximum Gasteiger partial charge on any atom is 0.173 e. The van der Waals surface area contributed by atoms with E-state index in [4.69, 9.17) is 14.6 Å². The van der Waals surface area contributed by atoms with Gasteiger partial charge in [-0.05, 0) is 32.9 Å². The number of piperidine rings is 1. The van der Waals surface area contributed by atoms with Gasteiger partial charge in [0.15, 0.2) is 6.29 Å². The first-order valence-corrected chi connectivity index (χ1v) is 5.89. The zero-order valence-corrected chi connectivity index (χ0v) is 9.39. The molecule has 3 atom stereocenters. The molecule has 2 heterocycles. The van der Waals surface area contributed by atoms with E-state index in [0.29, 0.717) is 19.1 Å². The van der Waals surface area contributed by atoms with E-state index in [-0.39, 0.29) is 19.0 Å². The smallest absolute Gasteiger partial charge is 0.173 e. The molecule has 0 amide bonds. The molecular formula is C11H21NO3. The molecule has 0 aromatic heterocycles. The van der Waals surface area contributed by atoms with Gasteiger partial charge in [-0.15, -0.1) is 0 Å². The molecule has 0 radical (unpaired) electrons. The molecule has 2 aliphatic rings. The normalized spacial score (nSPS) is 38.4. The van der Waals surface area contributed by atoms with Gasteiger partial charge in [-0.25, -0.2) is 0 Å². The van der Waals surface area contributed by atoms with Crippen molar-refractivity contribution in [2.45, 2.75) is 44.1 Å². The second-order valence-corrected chi connectivity index (χ2v) is 4.52. The van der Waals surface area contributed by atoms with Gasteiger partial charge in [0, 0.05) is 6.61 Å². The molecule has 4 nitrogen and oxygen atoms in total. The fourth-order valence-electron chi connectivity index (χ4n) is 2.41. The second kappa shape index (κ2) is 5.25. The zero-order chi connectivity index (χ0) is 10.7. The first-order chi connectivity index (χ1) is 7.31. The monoisotopic (exact) mass is 215 g/mol. The van der Waals surface area contributed by atoms with Gasteiger partial charge in [0.2, 0.25) is 0 Å². The second-order valence-electron chi connectivity index (χ2n) is 4.52. The first-order valence-electron chi connectivity index (χ1n) is 5.89. The average Bonchev–Trinajstić information content (AvgIpc) is 2.68. The minimum atomic E-state index is -0.0770. The largest absolute Gasteiger partial charge is 0.396 e. The van der Waals surface area contributed by atoms with Crippen molar-refractivity contribution in [3.8, 4) is 0 Å². The molecular weight excluding hydrogens is 194 g/mol. The Balaban J connectivity index is 1.83. The van der Waals surface area contributed by atoms with Gasteiger partial charge in [-0.1, -0.05) is 6.42 Å². The van der Waals surface area contributed by atoms with Gasteiger partial charge >= 0.3 is 0 Å². The van der Waals surface area contributed by atoms with E-state index < -0.39 is 0 Å². The molecule has 3 unspecified atom stereocenters. The summed E-state index contributed by atoms with van der Waals surface area (Å²) in [5, 5.41) is 8.83. The average molecular weight is 215 g/mol. The Morgan fingerprint density at radius 3 is 3.00 bits per heavy atom. The van der Waals surface area contributed by atoms with Crippen LogP contribution in [0.3, 0.4) is 0 Å². The van der Waals surface area contributed by atoms with Gasteiger partial charge < -0.3 is 14.6 Å². The van der Waals surface area contributed by atoms with E-state index in [9.17, 15) is 0 Å². The maximum atomic E-state index is 8.83. The molecule has 0 spiro atoms. The summed E-state index contributed by atoms with van der Waals surface area (Å²) in [6, 6.07) is 0.405. The van der Waals surface area contributed by atoms with Crippen molar-refractivity contribution < 1.29 is 14.6 Å². The van der Waals surface area contributed by atoms with Crippen LogP contribution in [0, 0.1) is 0 Å². The van der Waals surface area contributed by atoms with E-state index in [2.05, 4.69) is 11.9 Å². The molecule has 2 aliphatic heterocycles. The van der Waals surface area contributed by atoms with Crippen LogP contribution >= 0.6 is 0 Å². The Hall–Kier alpha value is -0.160. The van der Waals surface area contributed by atoms with Gasteiger partial charge in [0.05, 0.1) is 18.8 Å². The SMILES string of the molecule is CN1CCCCC1C1OCC(CCO)O1. The van der Waals surface area contributed by atoms with Gasteiger partial charge in [0.1, 0.15) is 0 Å². The van der Waals surface area contributed by atoms with Crippen molar-refractivity contribution in [1.82, 2.24) is 4.90 Å². The third kappa shape index (κ3) is 2.69. The van der Waals surface area contributed by atoms with Crippen LogP contribution in [0.15, 0.2) is 0 Å². The lowest BCUT2D eigenvalue weighted by molar-refractivity contribution is -0.116. The summed E-state index contributed by atoms with van der Waals surface area (Å²) in [5.41, 5.74) is 0. The molecule has 0 saturated carbocycles. The Morgan fingerprint density at radius 1 is 1.40 bits per heavy atom. The van der Waals surface area contributed by atoms with E-state index in [1.165, 1.54) is 12.8 Å². The van der Waals surface area contributed by atoms with Crippen LogP contribution in [-0.2, 0) is 9.47 Å². The van der Waals surface area contributed by atoms with Crippen LogP contribution in [0.4, 0.5) is 0 Å². The predicted octanol–water partition coefficient (Wildman–Crippen LogP) is 0.595. The quantitative estimate of drug-likeness (QED) is 0.748. The summed E-state index contributed by atoms with van der Waals surface area (Å²) in [6.45, 7) is 1.95. The Kier molecular flexibility index (Phi) is 3.97. The van der Waals surface area contributed by atoms with Gasteiger partial charge in [-0.2, -0.15) is 0 Å². The molecule has 1 N–H and O–H groups in total. The summed E-state index contributed by atoms with van der Waals surface area (Å²) in [7, 11) is 2.13. The Bertz CT molecular complexity index is 200. The van der Waals surface area contributed by atoms with Crippen LogP contribution in [0.2, 0.25) is 0 Å². The van der Waals surface area contributed by atoms with Crippen molar-refractivity contribution in [3.05, 3.63) is 0 Å². The highest BCUT2D eigenvalue weighted by atomic mass is 16.7. The third-order valence-electron chi connectivity index (χ3n) is 3.37. The van der Waals surface area contributed by atoms with E-state index in [1.54, 1.807) is 0 Å². The zero-order valence-electron chi connectivity index (χ0n) is 9.39. The van der Waals surface area contributed by atoms with Gasteiger partial charge in [-0.3, -0.25) is 4.90 Å². The third-order valence-corrected chi connectivity index (χ3v) is 3.37. The Morgan fingerprint density at radius 2 is 2.27 bits per heavy atom. The standard InChI is InChI=1S/C11H21NO3/c1-12-6-3-2-4-10(12)11-14-8-9(15-11)5-7-13/h9-11,13H,2-8H2,1H3. The molecule has 0 aromatic carbocycles. The lowest BCUT2D eigenvalue weighted by atomic mass is 10.0. The molecule has 4 heteroatoms. The molecule has 2 rings (SSSR count). The number of likely N-dealkylation sites (N-methyl/N-ethyl adjacent to an activating group) is 1. The lowest BCUT2D eigenvalue weighted by Crippen LogP contribution is -2.45. The lowest BCUT2D eigenvalue weighted by Gasteiger charge is -2.35. The fourth-order valence-corrected chi connectivity index (χ4v) is 2.41. The molecule has 88 valence electrons. The predicted molar refractivity (Wildman–Crippen MR) is 56.6 cm³/mol. The summed E-state index contributed by atoms with van der Waals surface area (Å²) in [4.78, 5) is 2.33. The number of ether oxygens (including phenoxy) is 2. The van der Waals surface area contributed by atoms with E-state index >= 15 is 0 Å². The number of hydrogen-bond donors (Lipinski definition) is 1. The Labute approximate surface area is 91.2 Å². The highest BCUT2D eigenvalue weighted by Crippen LogP contribution is 2.25. The highest BCUT2D eigenvalue weighted by molar-refractivity contribution is 4.81. The van der Waals surface area contributed by atoms with E-state index in [1.807, 2.05) is 0 Å². The molecule has 15 heavy (non-hydrogen) atoms. The number of nitrogens with zero attached hydrogens (tertiary/aromatic N) is 1. The van der Waals surface area contributed by atoms with Gasteiger partial charge in [0.25, 0.3) is 0 Å². The summed E-state index contributed by atoms with van der Waals surface area (Å²) < 4.78 is 11.4. The molecule has 2 saturated heterocycles. The van der Waals surface area contributed by atoms with Crippen LogP contribution in [0.5, 0.6) is 0 Å². The van der Waals surface area contributed by atoms with Crippen molar-refractivity contribution in [2.24, 2.45) is 0 Å². The summed E-state index contributed by atoms with van der Waals surface area (Å²) in [6.07, 6.45) is 4.41. The molecule has 0 bridgehead atoms. The van der Waals surface area contributed by atoms with Crippen molar-refractivity contribution in [3.63, 3.8) is 0 Å². The van der Waals surface area contributed by atoms with Crippen LogP contribution < -0.4 is 0 Å². The van der Waals surface area contributed by atoms with Crippen LogP contribution in [-0.4, -0.2) is 55.2 Å².